The molecule has 23 heavy (non-hydrogen) atoms. The number of carbonyl (C=O) groups is 3. The molecule has 2 fully saturated rings. The Balaban J connectivity index is 1.72. The minimum absolute atomic E-state index is 0.0460. The minimum atomic E-state index is -0.440. The molecular formula is C16H19N3O3S. The van der Waals surface area contributed by atoms with Crippen LogP contribution in [0.1, 0.15) is 26.7 Å². The maximum atomic E-state index is 12.6. The van der Waals surface area contributed by atoms with Crippen LogP contribution in [0.2, 0.25) is 0 Å². The van der Waals surface area contributed by atoms with E-state index < -0.39 is 6.04 Å². The van der Waals surface area contributed by atoms with Gasteiger partial charge in [0.25, 0.3) is 0 Å². The monoisotopic (exact) mass is 333 g/mol. The van der Waals surface area contributed by atoms with Crippen LogP contribution >= 0.6 is 11.8 Å². The summed E-state index contributed by atoms with van der Waals surface area (Å²) in [5, 5.41) is 5.53. The SMILES string of the molecule is CC(=O)Nc1cccc(NC(=O)[C@@H]2CS[C@@]3(C)CCC(=O)N23)c1. The molecule has 2 heterocycles. The summed E-state index contributed by atoms with van der Waals surface area (Å²) in [7, 11) is 0. The number of amides is 3. The lowest BCUT2D eigenvalue weighted by Gasteiger charge is -2.29. The Morgan fingerprint density at radius 3 is 2.70 bits per heavy atom. The molecule has 0 aliphatic carbocycles. The van der Waals surface area contributed by atoms with Gasteiger partial charge < -0.3 is 15.5 Å². The summed E-state index contributed by atoms with van der Waals surface area (Å²) in [6.07, 6.45) is 1.30. The van der Waals surface area contributed by atoms with Crippen molar-refractivity contribution in [3.63, 3.8) is 0 Å². The number of hydrogen-bond donors (Lipinski definition) is 2. The quantitative estimate of drug-likeness (QED) is 0.887. The lowest BCUT2D eigenvalue weighted by molar-refractivity contribution is -0.135. The van der Waals surface area contributed by atoms with Crippen molar-refractivity contribution in [1.29, 1.82) is 0 Å². The third-order valence-electron chi connectivity index (χ3n) is 4.20. The highest BCUT2D eigenvalue weighted by molar-refractivity contribution is 8.01. The number of benzene rings is 1. The molecule has 0 unspecified atom stereocenters. The molecule has 0 spiro atoms. The number of thioether (sulfide) groups is 1. The van der Waals surface area contributed by atoms with Gasteiger partial charge in [0.1, 0.15) is 6.04 Å². The molecule has 3 amide bonds. The zero-order valence-corrected chi connectivity index (χ0v) is 13.9. The molecule has 0 aromatic heterocycles. The average molecular weight is 333 g/mol. The van der Waals surface area contributed by atoms with Crippen LogP contribution in [0.4, 0.5) is 11.4 Å². The van der Waals surface area contributed by atoms with Gasteiger partial charge in [-0.15, -0.1) is 11.8 Å². The van der Waals surface area contributed by atoms with Crippen molar-refractivity contribution < 1.29 is 14.4 Å². The zero-order chi connectivity index (χ0) is 16.6. The fourth-order valence-corrected chi connectivity index (χ4v) is 4.55. The number of fused-ring (bicyclic) bond motifs is 1. The smallest absolute Gasteiger partial charge is 0.248 e. The second kappa shape index (κ2) is 5.88. The molecule has 1 aromatic carbocycles. The van der Waals surface area contributed by atoms with Crippen molar-refractivity contribution in [2.75, 3.05) is 16.4 Å². The molecule has 2 aliphatic heterocycles. The van der Waals surface area contributed by atoms with Crippen LogP contribution in [-0.2, 0) is 14.4 Å². The van der Waals surface area contributed by atoms with Gasteiger partial charge in [-0.2, -0.15) is 0 Å². The highest BCUT2D eigenvalue weighted by Crippen LogP contribution is 2.47. The highest BCUT2D eigenvalue weighted by atomic mass is 32.2. The number of carbonyl (C=O) groups excluding carboxylic acids is 3. The average Bonchev–Trinajstić information content (AvgIpc) is 2.96. The summed E-state index contributed by atoms with van der Waals surface area (Å²) in [5.41, 5.74) is 1.23. The summed E-state index contributed by atoms with van der Waals surface area (Å²) in [6.45, 7) is 3.45. The van der Waals surface area contributed by atoms with Crippen LogP contribution < -0.4 is 10.6 Å². The largest absolute Gasteiger partial charge is 0.326 e. The third kappa shape index (κ3) is 3.06. The van der Waals surface area contributed by atoms with Crippen LogP contribution in [0.5, 0.6) is 0 Å². The van der Waals surface area contributed by atoms with Crippen LogP contribution in [0, 0.1) is 0 Å². The van der Waals surface area contributed by atoms with E-state index in [0.717, 1.165) is 6.42 Å². The predicted octanol–water partition coefficient (Wildman–Crippen LogP) is 2.04. The molecule has 6 nitrogen and oxygen atoms in total. The first-order chi connectivity index (χ1) is 10.9. The first-order valence-electron chi connectivity index (χ1n) is 7.54. The van der Waals surface area contributed by atoms with E-state index in [1.807, 2.05) is 6.92 Å². The van der Waals surface area contributed by atoms with E-state index in [4.69, 9.17) is 0 Å². The summed E-state index contributed by atoms with van der Waals surface area (Å²) in [6, 6.07) is 6.53. The molecule has 2 saturated heterocycles. The van der Waals surface area contributed by atoms with E-state index >= 15 is 0 Å². The predicted molar refractivity (Wildman–Crippen MR) is 90.1 cm³/mol. The lowest BCUT2D eigenvalue weighted by Crippen LogP contribution is -2.48. The second-order valence-electron chi connectivity index (χ2n) is 6.02. The Bertz CT molecular complexity index is 678. The number of hydrogen-bond acceptors (Lipinski definition) is 4. The van der Waals surface area contributed by atoms with Crippen LogP contribution in [-0.4, -0.2) is 39.3 Å². The summed E-state index contributed by atoms with van der Waals surface area (Å²) >= 11 is 1.66. The Kier molecular flexibility index (Phi) is 4.06. The molecule has 7 heteroatoms. The van der Waals surface area contributed by atoms with E-state index in [0.29, 0.717) is 23.5 Å². The topological polar surface area (TPSA) is 78.5 Å². The number of anilines is 2. The van der Waals surface area contributed by atoms with Gasteiger partial charge in [-0.05, 0) is 31.5 Å². The van der Waals surface area contributed by atoms with Crippen molar-refractivity contribution >= 4 is 40.9 Å². The van der Waals surface area contributed by atoms with Crippen molar-refractivity contribution in [2.24, 2.45) is 0 Å². The summed E-state index contributed by atoms with van der Waals surface area (Å²) < 4.78 is 0. The van der Waals surface area contributed by atoms with Gasteiger partial charge >= 0.3 is 0 Å². The molecule has 3 rings (SSSR count). The van der Waals surface area contributed by atoms with E-state index in [2.05, 4.69) is 10.6 Å². The van der Waals surface area contributed by atoms with Crippen molar-refractivity contribution in [2.45, 2.75) is 37.6 Å². The van der Waals surface area contributed by atoms with E-state index in [1.165, 1.54) is 6.92 Å². The lowest BCUT2D eigenvalue weighted by atomic mass is 10.2. The normalized spacial score (nSPS) is 26.1. The van der Waals surface area contributed by atoms with Crippen LogP contribution in [0.25, 0.3) is 0 Å². The minimum Gasteiger partial charge on any atom is -0.326 e. The number of rotatable bonds is 3. The van der Waals surface area contributed by atoms with Crippen molar-refractivity contribution in [1.82, 2.24) is 4.90 Å². The number of nitrogens with zero attached hydrogens (tertiary/aromatic N) is 1. The van der Waals surface area contributed by atoms with Crippen molar-refractivity contribution in [3.05, 3.63) is 24.3 Å². The third-order valence-corrected chi connectivity index (χ3v) is 5.70. The molecular weight excluding hydrogens is 314 g/mol. The van der Waals surface area contributed by atoms with Gasteiger partial charge in [-0.25, -0.2) is 0 Å². The molecule has 2 N–H and O–H groups in total. The molecule has 0 bridgehead atoms. The fraction of sp³-hybridized carbons (Fsp3) is 0.438. The zero-order valence-electron chi connectivity index (χ0n) is 13.1. The maximum absolute atomic E-state index is 12.6. The first kappa shape index (κ1) is 15.9. The fourth-order valence-electron chi connectivity index (χ4n) is 3.12. The van der Waals surface area contributed by atoms with Crippen molar-refractivity contribution in [3.8, 4) is 0 Å². The van der Waals surface area contributed by atoms with Crippen LogP contribution in [0.3, 0.4) is 0 Å². The molecule has 2 aliphatic rings. The van der Waals surface area contributed by atoms with Gasteiger partial charge in [0, 0.05) is 30.5 Å². The highest BCUT2D eigenvalue weighted by Gasteiger charge is 2.52. The van der Waals surface area contributed by atoms with E-state index in [9.17, 15) is 14.4 Å². The maximum Gasteiger partial charge on any atom is 0.248 e. The summed E-state index contributed by atoms with van der Waals surface area (Å²) in [5.74, 6) is 0.305. The van der Waals surface area contributed by atoms with Gasteiger partial charge in [0.2, 0.25) is 17.7 Å². The van der Waals surface area contributed by atoms with E-state index in [1.54, 1.807) is 40.9 Å². The molecule has 122 valence electrons. The number of nitrogens with one attached hydrogen (secondary N) is 2. The second-order valence-corrected chi connectivity index (χ2v) is 7.52. The Labute approximate surface area is 139 Å². The van der Waals surface area contributed by atoms with Gasteiger partial charge in [-0.3, -0.25) is 14.4 Å². The summed E-state index contributed by atoms with van der Waals surface area (Å²) in [4.78, 5) is 37.2. The van der Waals surface area contributed by atoms with Gasteiger partial charge in [0.15, 0.2) is 0 Å². The Hall–Kier alpha value is -2.02. The Morgan fingerprint density at radius 2 is 2.00 bits per heavy atom. The van der Waals surface area contributed by atoms with Gasteiger partial charge in [-0.1, -0.05) is 6.07 Å². The first-order valence-corrected chi connectivity index (χ1v) is 8.52. The molecule has 1 aromatic rings. The molecule has 2 atom stereocenters. The molecule has 0 saturated carbocycles. The standard InChI is InChI=1S/C16H19N3O3S/c1-10(20)17-11-4-3-5-12(8-11)18-15(22)13-9-23-16(2)7-6-14(21)19(13)16/h3-5,8,13H,6-7,9H2,1-2H3,(H,17,20)(H,18,22)/t13-,16-/m0/s1. The van der Waals surface area contributed by atoms with E-state index in [-0.39, 0.29) is 22.6 Å². The van der Waals surface area contributed by atoms with Crippen LogP contribution in [0.15, 0.2) is 24.3 Å². The molecule has 0 radical (unpaired) electrons. The Morgan fingerprint density at radius 1 is 1.30 bits per heavy atom. The van der Waals surface area contributed by atoms with Gasteiger partial charge in [0.05, 0.1) is 4.87 Å².